The minimum atomic E-state index is -0.232. The molecule has 2 aromatic heterocycles. The minimum Gasteiger partial charge on any atom is -0.355 e. The molecule has 3 heterocycles. The second-order valence-corrected chi connectivity index (χ2v) is 9.28. The van der Waals surface area contributed by atoms with Gasteiger partial charge in [-0.25, -0.2) is 9.67 Å². The molecule has 1 spiro atoms. The van der Waals surface area contributed by atoms with E-state index < -0.39 is 0 Å². The number of rotatable bonds is 5. The third kappa shape index (κ3) is 3.71. The van der Waals surface area contributed by atoms with Crippen molar-refractivity contribution in [1.29, 1.82) is 0 Å². The van der Waals surface area contributed by atoms with Gasteiger partial charge in [0.25, 0.3) is 5.56 Å². The van der Waals surface area contributed by atoms with Crippen molar-refractivity contribution in [3.05, 3.63) is 51.8 Å². The van der Waals surface area contributed by atoms with Crippen molar-refractivity contribution in [2.24, 2.45) is 5.41 Å². The fourth-order valence-electron chi connectivity index (χ4n) is 4.57. The average Bonchev–Trinajstić information content (AvgIpc) is 3.16. The Kier molecular flexibility index (Phi) is 4.70. The van der Waals surface area contributed by atoms with E-state index >= 15 is 0 Å². The minimum absolute atomic E-state index is 0.000443. The van der Waals surface area contributed by atoms with Crippen LogP contribution in [-0.2, 0) is 17.8 Å². The predicted octanol–water partition coefficient (Wildman–Crippen LogP) is 3.44. The number of hydrogen-bond donors (Lipinski definition) is 0. The van der Waals surface area contributed by atoms with E-state index in [4.69, 9.17) is 0 Å². The number of piperidine rings is 1. The lowest BCUT2D eigenvalue weighted by molar-refractivity contribution is -0.119. The molecule has 150 valence electrons. The van der Waals surface area contributed by atoms with Crippen molar-refractivity contribution in [3.8, 4) is 0 Å². The lowest BCUT2D eigenvalue weighted by atomic mass is 9.63. The van der Waals surface area contributed by atoms with Gasteiger partial charge in [-0.15, -0.1) is 11.3 Å². The van der Waals surface area contributed by atoms with Gasteiger partial charge in [-0.1, -0.05) is 12.5 Å². The van der Waals surface area contributed by atoms with E-state index in [1.165, 1.54) is 42.9 Å². The third-order valence-corrected chi connectivity index (χ3v) is 7.35. The largest absolute Gasteiger partial charge is 0.355 e. The zero-order valence-corrected chi connectivity index (χ0v) is 17.2. The molecule has 0 bridgehead atoms. The highest BCUT2D eigenvalue weighted by Crippen LogP contribution is 2.49. The number of Topliss-reactive ketones (excluding diaryl/α,β-unsaturated/α-hetero) is 1. The Balaban J connectivity index is 1.27. The van der Waals surface area contributed by atoms with Gasteiger partial charge in [0.1, 0.15) is 12.4 Å². The van der Waals surface area contributed by atoms with Crippen molar-refractivity contribution in [1.82, 2.24) is 14.8 Å². The third-order valence-electron chi connectivity index (χ3n) is 6.54. The Morgan fingerprint density at radius 2 is 1.93 bits per heavy atom. The van der Waals surface area contributed by atoms with E-state index in [1.54, 1.807) is 22.9 Å². The molecule has 1 aliphatic heterocycles. The van der Waals surface area contributed by atoms with E-state index in [0.29, 0.717) is 5.41 Å². The van der Waals surface area contributed by atoms with Gasteiger partial charge < -0.3 is 4.90 Å². The van der Waals surface area contributed by atoms with Crippen molar-refractivity contribution < 1.29 is 4.79 Å². The van der Waals surface area contributed by atoms with Crippen LogP contribution in [0, 0.1) is 5.41 Å². The summed E-state index contributed by atoms with van der Waals surface area (Å²) < 4.78 is 2.42. The van der Waals surface area contributed by atoms with Crippen LogP contribution in [-0.4, -0.2) is 33.6 Å². The van der Waals surface area contributed by atoms with Crippen molar-refractivity contribution in [3.63, 3.8) is 0 Å². The summed E-state index contributed by atoms with van der Waals surface area (Å²) in [6.07, 6.45) is 6.75. The predicted molar refractivity (Wildman–Crippen MR) is 115 cm³/mol. The molecule has 0 radical (unpaired) electrons. The number of anilines is 1. The molecule has 7 heteroatoms. The lowest BCUT2D eigenvalue weighted by Crippen LogP contribution is -2.44. The zero-order valence-electron chi connectivity index (χ0n) is 16.3. The van der Waals surface area contributed by atoms with Crippen molar-refractivity contribution in [2.75, 3.05) is 18.0 Å². The number of aromatic nitrogens is 3. The van der Waals surface area contributed by atoms with Gasteiger partial charge in [-0.2, -0.15) is 5.10 Å². The van der Waals surface area contributed by atoms with Gasteiger partial charge in [0, 0.05) is 25.6 Å². The molecule has 6 nitrogen and oxygen atoms in total. The Hall–Kier alpha value is -2.54. The first kappa shape index (κ1) is 18.5. The Morgan fingerprint density at radius 3 is 2.69 bits per heavy atom. The van der Waals surface area contributed by atoms with E-state index in [1.807, 2.05) is 18.2 Å². The van der Waals surface area contributed by atoms with Crippen LogP contribution in [0.1, 0.15) is 37.7 Å². The maximum atomic E-state index is 12.6. The number of nitrogens with zero attached hydrogens (tertiary/aromatic N) is 4. The highest BCUT2D eigenvalue weighted by Gasteiger charge is 2.39. The van der Waals surface area contributed by atoms with Crippen LogP contribution >= 0.6 is 11.3 Å². The Morgan fingerprint density at radius 1 is 1.10 bits per heavy atom. The van der Waals surface area contributed by atoms with Gasteiger partial charge in [0.05, 0.1) is 15.7 Å². The summed E-state index contributed by atoms with van der Waals surface area (Å²) in [7, 11) is 0. The summed E-state index contributed by atoms with van der Waals surface area (Å²) in [4.78, 5) is 31.4. The van der Waals surface area contributed by atoms with E-state index in [-0.39, 0.29) is 24.3 Å². The molecular formula is C22H24N4O2S. The molecule has 0 N–H and O–H groups in total. The molecule has 1 saturated carbocycles. The van der Waals surface area contributed by atoms with Crippen molar-refractivity contribution in [2.45, 2.75) is 45.1 Å². The van der Waals surface area contributed by atoms with Gasteiger partial charge in [0.2, 0.25) is 0 Å². The molecule has 3 aromatic rings. The number of thiazole rings is 1. The topological polar surface area (TPSA) is 68.1 Å². The smallest absolute Gasteiger partial charge is 0.267 e. The van der Waals surface area contributed by atoms with Crippen molar-refractivity contribution >= 4 is 33.2 Å². The second-order valence-electron chi connectivity index (χ2n) is 8.40. The molecule has 2 fully saturated rings. The average molecular weight is 409 g/mol. The molecule has 0 atom stereocenters. The number of benzene rings is 1. The first-order valence-electron chi connectivity index (χ1n) is 10.3. The summed E-state index contributed by atoms with van der Waals surface area (Å²) in [6, 6.07) is 9.21. The monoisotopic (exact) mass is 408 g/mol. The van der Waals surface area contributed by atoms with E-state index in [2.05, 4.69) is 15.0 Å². The van der Waals surface area contributed by atoms with E-state index in [9.17, 15) is 9.59 Å². The van der Waals surface area contributed by atoms with Crippen LogP contribution in [0.5, 0.6) is 0 Å². The number of fused-ring (bicyclic) bond motifs is 1. The number of carbonyl (C=O) groups excluding carboxylic acids is 1. The Labute approximate surface area is 173 Å². The zero-order chi connectivity index (χ0) is 19.8. The summed E-state index contributed by atoms with van der Waals surface area (Å²) >= 11 is 1.58. The second kappa shape index (κ2) is 7.37. The normalized spacial score (nSPS) is 18.1. The molecule has 1 aliphatic carbocycles. The quantitative estimate of drug-likeness (QED) is 0.647. The maximum absolute atomic E-state index is 12.6. The molecule has 5 rings (SSSR count). The highest BCUT2D eigenvalue weighted by molar-refractivity contribution is 7.16. The maximum Gasteiger partial charge on any atom is 0.267 e. The molecule has 2 aliphatic rings. The molecule has 0 amide bonds. The molecular weight excluding hydrogens is 384 g/mol. The molecule has 29 heavy (non-hydrogen) atoms. The summed E-state index contributed by atoms with van der Waals surface area (Å²) in [6.45, 7) is 1.96. The highest BCUT2D eigenvalue weighted by atomic mass is 32.1. The Bertz CT molecular complexity index is 1110. The number of hydrogen-bond acceptors (Lipinski definition) is 6. The van der Waals surface area contributed by atoms with Crippen LogP contribution in [0.25, 0.3) is 10.2 Å². The van der Waals surface area contributed by atoms with Crippen LogP contribution in [0.4, 0.5) is 5.82 Å². The SMILES string of the molecule is O=C(Cc1ccc2scnc2c1)Cn1nc(N2CCC3(CCC3)CC2)ccc1=O. The first-order chi connectivity index (χ1) is 14.1. The van der Waals surface area contributed by atoms with Gasteiger partial charge >= 0.3 is 0 Å². The van der Waals surface area contributed by atoms with Gasteiger partial charge in [-0.3, -0.25) is 9.59 Å². The number of ketones is 1. The summed E-state index contributed by atoms with van der Waals surface area (Å²) in [5, 5.41) is 4.51. The van der Waals surface area contributed by atoms with Gasteiger partial charge in [0.15, 0.2) is 5.78 Å². The summed E-state index contributed by atoms with van der Waals surface area (Å²) in [5.41, 5.74) is 3.97. The van der Waals surface area contributed by atoms with Gasteiger partial charge in [-0.05, 0) is 54.9 Å². The van der Waals surface area contributed by atoms with Crippen LogP contribution in [0.2, 0.25) is 0 Å². The first-order valence-corrected chi connectivity index (χ1v) is 11.2. The number of carbonyl (C=O) groups is 1. The standard InChI is InChI=1S/C22H24N4O2S/c27-17(12-16-2-3-19-18(13-16)23-15-29-19)14-26-21(28)5-4-20(24-26)25-10-8-22(9-11-25)6-1-7-22/h2-5,13,15H,1,6-12,14H2. The lowest BCUT2D eigenvalue weighted by Gasteiger charge is -2.48. The molecule has 0 unspecified atom stereocenters. The fraction of sp³-hybridized carbons (Fsp3) is 0.455. The molecule has 1 saturated heterocycles. The van der Waals surface area contributed by atoms with Crippen LogP contribution in [0.15, 0.2) is 40.6 Å². The van der Waals surface area contributed by atoms with Crippen LogP contribution < -0.4 is 10.5 Å². The molecule has 1 aromatic carbocycles. The summed E-state index contributed by atoms with van der Waals surface area (Å²) in [5.74, 6) is 0.772. The fourth-order valence-corrected chi connectivity index (χ4v) is 5.23. The van der Waals surface area contributed by atoms with Crippen LogP contribution in [0.3, 0.4) is 0 Å². The van der Waals surface area contributed by atoms with E-state index in [0.717, 1.165) is 34.7 Å².